The predicted molar refractivity (Wildman–Crippen MR) is 107 cm³/mol. The minimum Gasteiger partial charge on any atom is -0.308 e. The van der Waals surface area contributed by atoms with E-state index in [2.05, 4.69) is 20.5 Å². The second-order valence-electron chi connectivity index (χ2n) is 5.63. The number of H-pyrrole nitrogens is 1. The molecule has 3 rings (SSSR count). The van der Waals surface area contributed by atoms with Crippen LogP contribution in [0.2, 0.25) is 10.0 Å². The minimum absolute atomic E-state index is 0.165. The molecule has 5 nitrogen and oxygen atoms in total. The van der Waals surface area contributed by atoms with Crippen LogP contribution in [0.1, 0.15) is 12.5 Å². The largest absolute Gasteiger partial charge is 0.308 e. The molecular weight excluding hydrogens is 391 g/mol. The highest BCUT2D eigenvalue weighted by Gasteiger charge is 2.19. The van der Waals surface area contributed by atoms with Crippen molar-refractivity contribution >= 4 is 46.7 Å². The molecule has 0 bridgehead atoms. The second-order valence-corrected chi connectivity index (χ2v) is 7.86. The average Bonchev–Trinajstić information content (AvgIpc) is 2.99. The summed E-state index contributed by atoms with van der Waals surface area (Å²) in [5.74, 6) is 0.341. The first-order chi connectivity index (χ1) is 12.5. The first kappa shape index (κ1) is 18.8. The molecule has 2 heterocycles. The van der Waals surface area contributed by atoms with Crippen LogP contribution in [0.4, 0.5) is 5.82 Å². The summed E-state index contributed by atoms with van der Waals surface area (Å²) in [6.07, 6.45) is 3.42. The van der Waals surface area contributed by atoms with E-state index in [1.54, 1.807) is 30.6 Å². The number of carbonyl (C=O) groups is 1. The SMILES string of the molecule is Cc1c(NC(=O)C(C)Sc2cc(Cl)ccc2Cl)n[nH]c1-c1ccncc1. The number of nitrogens with zero attached hydrogens (tertiary/aromatic N) is 2. The van der Waals surface area contributed by atoms with E-state index < -0.39 is 0 Å². The van der Waals surface area contributed by atoms with Crippen LogP contribution in [0.3, 0.4) is 0 Å². The van der Waals surface area contributed by atoms with Crippen molar-refractivity contribution in [3.05, 3.63) is 58.3 Å². The van der Waals surface area contributed by atoms with Gasteiger partial charge in [-0.25, -0.2) is 0 Å². The fourth-order valence-electron chi connectivity index (χ4n) is 2.35. The quantitative estimate of drug-likeness (QED) is 0.570. The van der Waals surface area contributed by atoms with Gasteiger partial charge in [0.2, 0.25) is 5.91 Å². The number of hydrogen-bond donors (Lipinski definition) is 2. The lowest BCUT2D eigenvalue weighted by atomic mass is 10.1. The van der Waals surface area contributed by atoms with Crippen molar-refractivity contribution in [2.24, 2.45) is 0 Å². The smallest absolute Gasteiger partial charge is 0.238 e. The zero-order valence-electron chi connectivity index (χ0n) is 14.1. The van der Waals surface area contributed by atoms with Gasteiger partial charge in [0.1, 0.15) is 0 Å². The van der Waals surface area contributed by atoms with Gasteiger partial charge in [0.15, 0.2) is 5.82 Å². The maximum Gasteiger partial charge on any atom is 0.238 e. The number of aromatic amines is 1. The highest BCUT2D eigenvalue weighted by Crippen LogP contribution is 2.33. The molecule has 0 spiro atoms. The first-order valence-corrected chi connectivity index (χ1v) is 9.47. The van der Waals surface area contributed by atoms with E-state index in [4.69, 9.17) is 23.2 Å². The maximum atomic E-state index is 12.5. The van der Waals surface area contributed by atoms with Crippen LogP contribution in [0, 0.1) is 6.92 Å². The monoisotopic (exact) mass is 406 g/mol. The Kier molecular flexibility index (Phi) is 5.86. The number of aromatic nitrogens is 3. The van der Waals surface area contributed by atoms with Gasteiger partial charge in [0.05, 0.1) is 16.0 Å². The van der Waals surface area contributed by atoms with Crippen molar-refractivity contribution in [1.29, 1.82) is 0 Å². The van der Waals surface area contributed by atoms with E-state index in [1.807, 2.05) is 26.0 Å². The van der Waals surface area contributed by atoms with Crippen LogP contribution in [-0.4, -0.2) is 26.3 Å². The fraction of sp³-hybridized carbons (Fsp3) is 0.167. The Morgan fingerprint density at radius 1 is 1.23 bits per heavy atom. The van der Waals surface area contributed by atoms with Gasteiger partial charge in [-0.1, -0.05) is 23.2 Å². The van der Waals surface area contributed by atoms with Crippen molar-refractivity contribution in [1.82, 2.24) is 15.2 Å². The molecule has 0 aliphatic heterocycles. The van der Waals surface area contributed by atoms with Crippen LogP contribution in [0.25, 0.3) is 11.3 Å². The molecule has 2 N–H and O–H groups in total. The summed E-state index contributed by atoms with van der Waals surface area (Å²) in [6.45, 7) is 3.71. The molecule has 0 saturated carbocycles. The number of carbonyl (C=O) groups excluding carboxylic acids is 1. The van der Waals surface area contributed by atoms with E-state index in [-0.39, 0.29) is 11.2 Å². The molecule has 1 amide bonds. The highest BCUT2D eigenvalue weighted by molar-refractivity contribution is 8.00. The number of benzene rings is 1. The van der Waals surface area contributed by atoms with E-state index in [0.29, 0.717) is 15.9 Å². The van der Waals surface area contributed by atoms with Gasteiger partial charge in [-0.2, -0.15) is 5.10 Å². The van der Waals surface area contributed by atoms with E-state index >= 15 is 0 Å². The summed E-state index contributed by atoms with van der Waals surface area (Å²) in [6, 6.07) is 8.94. The van der Waals surface area contributed by atoms with Crippen LogP contribution < -0.4 is 5.32 Å². The Bertz CT molecular complexity index is 930. The third-order valence-electron chi connectivity index (χ3n) is 3.79. The van der Waals surface area contributed by atoms with E-state index in [0.717, 1.165) is 21.7 Å². The molecule has 1 unspecified atom stereocenters. The van der Waals surface area contributed by atoms with Crippen LogP contribution >= 0.6 is 35.0 Å². The van der Waals surface area contributed by atoms with E-state index in [1.165, 1.54) is 11.8 Å². The standard InChI is InChI=1S/C18H16Cl2N4OS/c1-10-16(12-5-7-21-8-6-12)23-24-17(10)22-18(25)11(2)26-15-9-13(19)3-4-14(15)20/h3-9,11H,1-2H3,(H2,22,23,24,25). The lowest BCUT2D eigenvalue weighted by Crippen LogP contribution is -2.23. The molecule has 8 heteroatoms. The Morgan fingerprint density at radius 3 is 2.69 bits per heavy atom. The van der Waals surface area contributed by atoms with Gasteiger partial charge in [0.25, 0.3) is 0 Å². The zero-order chi connectivity index (χ0) is 18.7. The van der Waals surface area contributed by atoms with Crippen LogP contribution in [-0.2, 0) is 4.79 Å². The summed E-state index contributed by atoms with van der Waals surface area (Å²) in [4.78, 5) is 17.3. The summed E-state index contributed by atoms with van der Waals surface area (Å²) < 4.78 is 0. The van der Waals surface area contributed by atoms with Crippen molar-refractivity contribution in [3.8, 4) is 11.3 Å². The molecule has 1 aromatic carbocycles. The summed E-state index contributed by atoms with van der Waals surface area (Å²) in [5.41, 5.74) is 2.67. The number of thioether (sulfide) groups is 1. The number of halogens is 2. The normalized spacial score (nSPS) is 12.0. The maximum absolute atomic E-state index is 12.5. The first-order valence-electron chi connectivity index (χ1n) is 7.83. The summed E-state index contributed by atoms with van der Waals surface area (Å²) in [7, 11) is 0. The lowest BCUT2D eigenvalue weighted by molar-refractivity contribution is -0.115. The van der Waals surface area contributed by atoms with Gasteiger partial charge in [0, 0.05) is 33.4 Å². The third-order valence-corrected chi connectivity index (χ3v) is 5.62. The predicted octanol–water partition coefficient (Wildman–Crippen LogP) is 5.21. The molecule has 26 heavy (non-hydrogen) atoms. The number of nitrogens with one attached hydrogen (secondary N) is 2. The average molecular weight is 407 g/mol. The third kappa shape index (κ3) is 4.20. The van der Waals surface area contributed by atoms with Crippen molar-refractivity contribution in [3.63, 3.8) is 0 Å². The second kappa shape index (κ2) is 8.12. The summed E-state index contributed by atoms with van der Waals surface area (Å²) in [5, 5.41) is 10.8. The Labute approximate surface area is 165 Å². The number of hydrogen-bond acceptors (Lipinski definition) is 4. The molecule has 0 saturated heterocycles. The molecule has 0 radical (unpaired) electrons. The molecule has 0 aliphatic rings. The number of amides is 1. The van der Waals surface area contributed by atoms with Gasteiger partial charge in [-0.15, -0.1) is 11.8 Å². The molecule has 1 atom stereocenters. The van der Waals surface area contributed by atoms with E-state index in [9.17, 15) is 4.79 Å². The van der Waals surface area contributed by atoms with Gasteiger partial charge in [-0.3, -0.25) is 14.9 Å². The number of pyridine rings is 1. The Hall–Kier alpha value is -2.02. The van der Waals surface area contributed by atoms with Gasteiger partial charge >= 0.3 is 0 Å². The van der Waals surface area contributed by atoms with Crippen molar-refractivity contribution < 1.29 is 4.79 Å². The molecule has 2 aromatic heterocycles. The van der Waals surface area contributed by atoms with Crippen molar-refractivity contribution in [2.45, 2.75) is 24.0 Å². The Balaban J connectivity index is 1.72. The van der Waals surface area contributed by atoms with Crippen LogP contribution in [0.5, 0.6) is 0 Å². The van der Waals surface area contributed by atoms with Gasteiger partial charge in [-0.05, 0) is 44.2 Å². The molecule has 0 fully saturated rings. The zero-order valence-corrected chi connectivity index (χ0v) is 16.4. The lowest BCUT2D eigenvalue weighted by Gasteiger charge is -2.12. The number of rotatable bonds is 5. The molecule has 134 valence electrons. The van der Waals surface area contributed by atoms with Crippen molar-refractivity contribution in [2.75, 3.05) is 5.32 Å². The highest BCUT2D eigenvalue weighted by atomic mass is 35.5. The molecular formula is C18H16Cl2N4OS. The molecule has 3 aromatic rings. The fourth-order valence-corrected chi connectivity index (χ4v) is 3.76. The minimum atomic E-state index is -0.369. The van der Waals surface area contributed by atoms with Crippen LogP contribution in [0.15, 0.2) is 47.6 Å². The van der Waals surface area contributed by atoms with Gasteiger partial charge < -0.3 is 5.32 Å². The molecule has 0 aliphatic carbocycles. The Morgan fingerprint density at radius 2 is 1.96 bits per heavy atom. The number of anilines is 1. The summed E-state index contributed by atoms with van der Waals surface area (Å²) >= 11 is 13.5. The topological polar surface area (TPSA) is 70.7 Å².